The third kappa shape index (κ3) is 6.72. The third-order valence-electron chi connectivity index (χ3n) is 4.19. The predicted molar refractivity (Wildman–Crippen MR) is 95.0 cm³/mol. The Kier molecular flexibility index (Phi) is 7.74. The van der Waals surface area contributed by atoms with Crippen LogP contribution in [0.4, 0.5) is 4.39 Å². The molecule has 0 radical (unpaired) electrons. The van der Waals surface area contributed by atoms with Crippen molar-refractivity contribution in [1.82, 2.24) is 5.32 Å². The summed E-state index contributed by atoms with van der Waals surface area (Å²) in [6.45, 7) is 11.9. The van der Waals surface area contributed by atoms with Gasteiger partial charge in [0.2, 0.25) is 0 Å². The van der Waals surface area contributed by atoms with Crippen LogP contribution < -0.4 is 5.32 Å². The molecule has 0 fully saturated rings. The standard InChI is InChI=1S/C20H32FNO/c1-6-11-20(12-15(2)3,13-16(4)5)14-22-19(23)17-7-9-18(21)10-8-17/h7-10,15-16H,6,11-14H2,1-5H3,(H,22,23). The molecule has 23 heavy (non-hydrogen) atoms. The van der Waals surface area contributed by atoms with Gasteiger partial charge in [-0.05, 0) is 60.8 Å². The van der Waals surface area contributed by atoms with Crippen LogP contribution in [0.5, 0.6) is 0 Å². The van der Waals surface area contributed by atoms with Gasteiger partial charge >= 0.3 is 0 Å². The van der Waals surface area contributed by atoms with Gasteiger partial charge in [0, 0.05) is 12.1 Å². The fourth-order valence-electron chi connectivity index (χ4n) is 3.75. The molecule has 0 aliphatic carbocycles. The third-order valence-corrected chi connectivity index (χ3v) is 4.19. The van der Waals surface area contributed by atoms with Crippen molar-refractivity contribution in [3.63, 3.8) is 0 Å². The molecule has 2 nitrogen and oxygen atoms in total. The van der Waals surface area contributed by atoms with E-state index in [9.17, 15) is 9.18 Å². The summed E-state index contributed by atoms with van der Waals surface area (Å²) in [6.07, 6.45) is 4.46. The molecule has 1 rings (SSSR count). The number of amides is 1. The summed E-state index contributed by atoms with van der Waals surface area (Å²) in [7, 11) is 0. The lowest BCUT2D eigenvalue weighted by molar-refractivity contribution is 0.0894. The number of halogens is 1. The molecule has 1 amide bonds. The highest BCUT2D eigenvalue weighted by atomic mass is 19.1. The van der Waals surface area contributed by atoms with E-state index in [1.807, 2.05) is 0 Å². The Morgan fingerprint density at radius 2 is 1.61 bits per heavy atom. The first-order valence-electron chi connectivity index (χ1n) is 8.82. The maximum absolute atomic E-state index is 13.0. The van der Waals surface area contributed by atoms with E-state index in [1.54, 1.807) is 0 Å². The summed E-state index contributed by atoms with van der Waals surface area (Å²) in [5.41, 5.74) is 0.665. The summed E-state index contributed by atoms with van der Waals surface area (Å²) < 4.78 is 13.0. The van der Waals surface area contributed by atoms with Crippen LogP contribution in [0.1, 0.15) is 70.7 Å². The van der Waals surface area contributed by atoms with E-state index in [-0.39, 0.29) is 17.1 Å². The molecule has 0 atom stereocenters. The van der Waals surface area contributed by atoms with Gasteiger partial charge in [0.1, 0.15) is 5.82 Å². The first kappa shape index (κ1) is 19.7. The van der Waals surface area contributed by atoms with Crippen LogP contribution in [0.25, 0.3) is 0 Å². The Labute approximate surface area is 140 Å². The van der Waals surface area contributed by atoms with Crippen LogP contribution >= 0.6 is 0 Å². The van der Waals surface area contributed by atoms with E-state index in [1.165, 1.54) is 24.3 Å². The van der Waals surface area contributed by atoms with Gasteiger partial charge in [-0.2, -0.15) is 0 Å². The Morgan fingerprint density at radius 3 is 2.04 bits per heavy atom. The van der Waals surface area contributed by atoms with Crippen molar-refractivity contribution < 1.29 is 9.18 Å². The summed E-state index contributed by atoms with van der Waals surface area (Å²) in [5, 5.41) is 3.09. The fraction of sp³-hybridized carbons (Fsp3) is 0.650. The van der Waals surface area contributed by atoms with Gasteiger partial charge in [0.05, 0.1) is 0 Å². The number of hydrogen-bond donors (Lipinski definition) is 1. The average molecular weight is 321 g/mol. The van der Waals surface area contributed by atoms with Crippen molar-refractivity contribution >= 4 is 5.91 Å². The SMILES string of the molecule is CCCC(CNC(=O)c1ccc(F)cc1)(CC(C)C)CC(C)C. The molecule has 0 saturated heterocycles. The second-order valence-electron chi connectivity index (χ2n) is 7.64. The van der Waals surface area contributed by atoms with Crippen LogP contribution in [0, 0.1) is 23.1 Å². The maximum Gasteiger partial charge on any atom is 0.251 e. The van der Waals surface area contributed by atoms with Gasteiger partial charge in [0.25, 0.3) is 5.91 Å². The van der Waals surface area contributed by atoms with Gasteiger partial charge in [-0.25, -0.2) is 4.39 Å². The zero-order valence-corrected chi connectivity index (χ0v) is 15.3. The van der Waals surface area contributed by atoms with Crippen molar-refractivity contribution in [2.45, 2.75) is 60.3 Å². The van der Waals surface area contributed by atoms with E-state index in [2.05, 4.69) is 39.9 Å². The molecule has 0 aliphatic rings. The van der Waals surface area contributed by atoms with Gasteiger partial charge in [-0.3, -0.25) is 4.79 Å². The van der Waals surface area contributed by atoms with Gasteiger partial charge in [-0.1, -0.05) is 41.0 Å². The Bertz CT molecular complexity index is 469. The lowest BCUT2D eigenvalue weighted by Gasteiger charge is -2.37. The molecular formula is C20H32FNO. The smallest absolute Gasteiger partial charge is 0.251 e. The minimum absolute atomic E-state index is 0.113. The van der Waals surface area contributed by atoms with Gasteiger partial charge < -0.3 is 5.32 Å². The average Bonchev–Trinajstić information content (AvgIpc) is 2.44. The summed E-state index contributed by atoms with van der Waals surface area (Å²) in [6, 6.07) is 5.74. The first-order chi connectivity index (χ1) is 10.8. The number of carbonyl (C=O) groups excluding carboxylic acids is 1. The van der Waals surface area contributed by atoms with Crippen LogP contribution in [-0.2, 0) is 0 Å². The molecule has 0 aliphatic heterocycles. The normalized spacial score (nSPS) is 12.0. The van der Waals surface area contributed by atoms with E-state index in [4.69, 9.17) is 0 Å². The van der Waals surface area contributed by atoms with Crippen molar-refractivity contribution in [1.29, 1.82) is 0 Å². The first-order valence-corrected chi connectivity index (χ1v) is 8.82. The summed E-state index contributed by atoms with van der Waals surface area (Å²) in [5.74, 6) is 0.769. The number of nitrogens with one attached hydrogen (secondary N) is 1. The Balaban J connectivity index is 2.82. The molecule has 0 bridgehead atoms. The van der Waals surface area contributed by atoms with Crippen LogP contribution in [0.3, 0.4) is 0 Å². The number of hydrogen-bond acceptors (Lipinski definition) is 1. The fourth-order valence-corrected chi connectivity index (χ4v) is 3.75. The number of benzene rings is 1. The van der Waals surface area contributed by atoms with Gasteiger partial charge in [0.15, 0.2) is 0 Å². The molecule has 0 spiro atoms. The van der Waals surface area contributed by atoms with Crippen molar-refractivity contribution in [2.75, 3.05) is 6.54 Å². The molecule has 1 aromatic rings. The molecule has 130 valence electrons. The highest BCUT2D eigenvalue weighted by molar-refractivity contribution is 5.94. The Morgan fingerprint density at radius 1 is 1.09 bits per heavy atom. The van der Waals surface area contributed by atoms with Crippen LogP contribution in [-0.4, -0.2) is 12.5 Å². The van der Waals surface area contributed by atoms with E-state index >= 15 is 0 Å². The zero-order chi connectivity index (χ0) is 17.5. The molecule has 1 aromatic carbocycles. The van der Waals surface area contributed by atoms with Crippen molar-refractivity contribution in [3.05, 3.63) is 35.6 Å². The van der Waals surface area contributed by atoms with Crippen molar-refractivity contribution in [3.8, 4) is 0 Å². The Hall–Kier alpha value is -1.38. The van der Waals surface area contributed by atoms with Crippen LogP contribution in [0.2, 0.25) is 0 Å². The molecule has 3 heteroatoms. The van der Waals surface area contributed by atoms with E-state index in [0.29, 0.717) is 23.9 Å². The zero-order valence-electron chi connectivity index (χ0n) is 15.3. The number of rotatable bonds is 9. The molecule has 0 saturated carbocycles. The topological polar surface area (TPSA) is 29.1 Å². The molecule has 0 heterocycles. The molecular weight excluding hydrogens is 289 g/mol. The molecule has 0 aromatic heterocycles. The largest absolute Gasteiger partial charge is 0.351 e. The minimum Gasteiger partial charge on any atom is -0.351 e. The second kappa shape index (κ2) is 9.05. The van der Waals surface area contributed by atoms with Crippen LogP contribution in [0.15, 0.2) is 24.3 Å². The highest BCUT2D eigenvalue weighted by Crippen LogP contribution is 2.37. The second-order valence-corrected chi connectivity index (χ2v) is 7.64. The maximum atomic E-state index is 13.0. The quantitative estimate of drug-likeness (QED) is 0.645. The lowest BCUT2D eigenvalue weighted by atomic mass is 9.71. The lowest BCUT2D eigenvalue weighted by Crippen LogP contribution is -2.39. The minimum atomic E-state index is -0.318. The summed E-state index contributed by atoms with van der Waals surface area (Å²) in [4.78, 5) is 12.3. The summed E-state index contributed by atoms with van der Waals surface area (Å²) >= 11 is 0. The van der Waals surface area contributed by atoms with E-state index < -0.39 is 0 Å². The highest BCUT2D eigenvalue weighted by Gasteiger charge is 2.31. The monoisotopic (exact) mass is 321 g/mol. The van der Waals surface area contributed by atoms with E-state index in [0.717, 1.165) is 25.7 Å². The van der Waals surface area contributed by atoms with Crippen molar-refractivity contribution in [2.24, 2.45) is 17.3 Å². The van der Waals surface area contributed by atoms with Gasteiger partial charge in [-0.15, -0.1) is 0 Å². The molecule has 1 N–H and O–H groups in total. The predicted octanol–water partition coefficient (Wildman–Crippen LogP) is 5.43. The number of carbonyl (C=O) groups is 1. The molecule has 0 unspecified atom stereocenters.